The van der Waals surface area contributed by atoms with Crippen molar-refractivity contribution in [3.8, 4) is 12.3 Å². The summed E-state index contributed by atoms with van der Waals surface area (Å²) in [7, 11) is 0. The summed E-state index contributed by atoms with van der Waals surface area (Å²) in [6, 6.07) is 0. The Morgan fingerprint density at radius 1 is 1.28 bits per heavy atom. The van der Waals surface area contributed by atoms with Crippen molar-refractivity contribution in [2.75, 3.05) is 32.7 Å². The molecule has 18 heavy (non-hydrogen) atoms. The Morgan fingerprint density at radius 3 is 2.39 bits per heavy atom. The molecule has 0 radical (unpaired) electrons. The Kier molecular flexibility index (Phi) is 4.13. The zero-order valence-electron chi connectivity index (χ0n) is 11.2. The molecule has 2 saturated heterocycles. The lowest BCUT2D eigenvalue weighted by molar-refractivity contribution is -0.00851. The van der Waals surface area contributed by atoms with Crippen LogP contribution in [-0.2, 0) is 4.74 Å². The van der Waals surface area contributed by atoms with Gasteiger partial charge in [-0.15, -0.1) is 6.42 Å². The maximum absolute atomic E-state index is 12.0. The second-order valence-electron chi connectivity index (χ2n) is 5.14. The molecule has 0 unspecified atom stereocenters. The Labute approximate surface area is 109 Å². The van der Waals surface area contributed by atoms with Crippen LogP contribution in [-0.4, -0.2) is 54.2 Å². The van der Waals surface area contributed by atoms with Crippen molar-refractivity contribution in [1.82, 2.24) is 9.80 Å². The largest absolute Gasteiger partial charge is 0.429 e. The van der Waals surface area contributed by atoms with Crippen LogP contribution in [0, 0.1) is 12.3 Å². The van der Waals surface area contributed by atoms with Gasteiger partial charge in [0.1, 0.15) is 0 Å². The topological polar surface area (TPSA) is 32.8 Å². The highest BCUT2D eigenvalue weighted by Crippen LogP contribution is 2.27. The van der Waals surface area contributed by atoms with E-state index in [9.17, 15) is 4.79 Å². The molecule has 1 amide bonds. The Bertz CT molecular complexity index is 334. The molecule has 2 aliphatic rings. The number of piperidine rings is 1. The van der Waals surface area contributed by atoms with Gasteiger partial charge in [-0.05, 0) is 19.4 Å². The van der Waals surface area contributed by atoms with Crippen LogP contribution >= 0.6 is 0 Å². The molecule has 0 spiro atoms. The fraction of sp³-hybridized carbons (Fsp3) is 0.786. The summed E-state index contributed by atoms with van der Waals surface area (Å²) in [5, 5.41) is 0. The summed E-state index contributed by atoms with van der Waals surface area (Å²) in [6.07, 6.45) is 9.02. The molecule has 100 valence electrons. The number of carbonyl (C=O) groups is 1. The molecule has 0 atom stereocenters. The minimum absolute atomic E-state index is 0.226. The smallest absolute Gasteiger partial charge is 0.411 e. The van der Waals surface area contributed by atoms with Crippen molar-refractivity contribution in [3.05, 3.63) is 0 Å². The molecule has 0 aromatic carbocycles. The Balaban J connectivity index is 1.92. The summed E-state index contributed by atoms with van der Waals surface area (Å²) < 4.78 is 5.63. The summed E-state index contributed by atoms with van der Waals surface area (Å²) in [5.74, 6) is 2.72. The van der Waals surface area contributed by atoms with Gasteiger partial charge in [-0.3, -0.25) is 0 Å². The first kappa shape index (κ1) is 13.2. The van der Waals surface area contributed by atoms with Crippen LogP contribution in [0.15, 0.2) is 0 Å². The average Bonchev–Trinajstić information content (AvgIpc) is 2.93. The molecule has 0 aliphatic carbocycles. The fourth-order valence-corrected chi connectivity index (χ4v) is 2.64. The van der Waals surface area contributed by atoms with E-state index in [-0.39, 0.29) is 6.09 Å². The van der Waals surface area contributed by atoms with Crippen molar-refractivity contribution in [3.63, 3.8) is 0 Å². The third kappa shape index (κ3) is 2.78. The molecule has 2 heterocycles. The first-order valence-corrected chi connectivity index (χ1v) is 6.87. The molecule has 4 heteroatoms. The van der Waals surface area contributed by atoms with E-state index in [2.05, 4.69) is 17.7 Å². The highest BCUT2D eigenvalue weighted by atomic mass is 16.6. The molecular formula is C14H22N2O2. The monoisotopic (exact) mass is 250 g/mol. The number of likely N-dealkylation sites (tertiary alicyclic amines) is 2. The van der Waals surface area contributed by atoms with E-state index in [1.807, 2.05) is 0 Å². The lowest BCUT2D eigenvalue weighted by Crippen LogP contribution is -2.48. The number of nitrogens with zero attached hydrogens (tertiary/aromatic N) is 2. The van der Waals surface area contributed by atoms with E-state index in [4.69, 9.17) is 11.2 Å². The van der Waals surface area contributed by atoms with Gasteiger partial charge in [-0.2, -0.15) is 0 Å². The second kappa shape index (κ2) is 5.62. The maximum Gasteiger partial charge on any atom is 0.411 e. The lowest BCUT2D eigenvalue weighted by atomic mass is 9.92. The fourth-order valence-electron chi connectivity index (χ4n) is 2.64. The van der Waals surface area contributed by atoms with E-state index >= 15 is 0 Å². The minimum atomic E-state index is -0.675. The van der Waals surface area contributed by atoms with Crippen molar-refractivity contribution in [2.45, 2.75) is 38.2 Å². The van der Waals surface area contributed by atoms with E-state index in [1.54, 1.807) is 4.90 Å². The van der Waals surface area contributed by atoms with E-state index in [0.717, 1.165) is 58.4 Å². The number of amides is 1. The lowest BCUT2D eigenvalue weighted by Gasteiger charge is -2.38. The number of carbonyl (C=O) groups excluding carboxylic acids is 1. The van der Waals surface area contributed by atoms with Crippen molar-refractivity contribution >= 4 is 6.09 Å². The third-order valence-corrected chi connectivity index (χ3v) is 4.02. The molecule has 0 saturated carbocycles. The molecular weight excluding hydrogens is 228 g/mol. The van der Waals surface area contributed by atoms with Crippen LogP contribution in [0.25, 0.3) is 0 Å². The summed E-state index contributed by atoms with van der Waals surface area (Å²) in [5.41, 5.74) is -0.675. The van der Waals surface area contributed by atoms with Gasteiger partial charge in [0, 0.05) is 39.0 Å². The standard InChI is InChI=1S/C14H22N2O2/c1-3-14(7-11-15(4-2)12-8-14)18-13(17)16-9-5-6-10-16/h1H,4-12H2,2H3. The molecule has 4 nitrogen and oxygen atoms in total. The van der Waals surface area contributed by atoms with Gasteiger partial charge in [-0.25, -0.2) is 4.79 Å². The normalized spacial score (nSPS) is 23.7. The van der Waals surface area contributed by atoms with E-state index < -0.39 is 5.60 Å². The van der Waals surface area contributed by atoms with E-state index in [0.29, 0.717) is 0 Å². The van der Waals surface area contributed by atoms with Crippen LogP contribution in [0.5, 0.6) is 0 Å². The van der Waals surface area contributed by atoms with Gasteiger partial charge < -0.3 is 14.5 Å². The molecule has 0 aromatic rings. The SMILES string of the molecule is C#CC1(OC(=O)N2CCCC2)CCN(CC)CC1. The summed E-state index contributed by atoms with van der Waals surface area (Å²) in [4.78, 5) is 16.1. The van der Waals surface area contributed by atoms with Crippen molar-refractivity contribution < 1.29 is 9.53 Å². The van der Waals surface area contributed by atoms with Crippen LogP contribution in [0.2, 0.25) is 0 Å². The Hall–Kier alpha value is -1.21. The van der Waals surface area contributed by atoms with Gasteiger partial charge in [0.2, 0.25) is 0 Å². The zero-order valence-corrected chi connectivity index (χ0v) is 11.2. The quantitative estimate of drug-likeness (QED) is 0.699. The molecule has 2 fully saturated rings. The predicted molar refractivity (Wildman–Crippen MR) is 70.2 cm³/mol. The van der Waals surface area contributed by atoms with Gasteiger partial charge >= 0.3 is 6.09 Å². The van der Waals surface area contributed by atoms with Crippen LogP contribution in [0.1, 0.15) is 32.6 Å². The third-order valence-electron chi connectivity index (χ3n) is 4.02. The number of hydrogen-bond donors (Lipinski definition) is 0. The number of hydrogen-bond acceptors (Lipinski definition) is 3. The number of ether oxygens (including phenoxy) is 1. The molecule has 2 aliphatic heterocycles. The van der Waals surface area contributed by atoms with Crippen LogP contribution in [0.4, 0.5) is 4.79 Å². The predicted octanol–water partition coefficient (Wildman–Crippen LogP) is 1.71. The molecule has 2 rings (SSSR count). The van der Waals surface area contributed by atoms with Gasteiger partial charge in [0.05, 0.1) is 0 Å². The van der Waals surface area contributed by atoms with Gasteiger partial charge in [0.15, 0.2) is 5.60 Å². The van der Waals surface area contributed by atoms with Crippen molar-refractivity contribution in [2.24, 2.45) is 0 Å². The van der Waals surface area contributed by atoms with Crippen LogP contribution in [0.3, 0.4) is 0 Å². The molecule has 0 bridgehead atoms. The highest BCUT2D eigenvalue weighted by Gasteiger charge is 2.37. The number of terminal acetylenes is 1. The Morgan fingerprint density at radius 2 is 1.89 bits per heavy atom. The molecule has 0 N–H and O–H groups in total. The molecule has 0 aromatic heterocycles. The first-order chi connectivity index (χ1) is 8.69. The minimum Gasteiger partial charge on any atom is -0.429 e. The second-order valence-corrected chi connectivity index (χ2v) is 5.14. The van der Waals surface area contributed by atoms with Crippen LogP contribution < -0.4 is 0 Å². The highest BCUT2D eigenvalue weighted by molar-refractivity contribution is 5.69. The summed E-state index contributed by atoms with van der Waals surface area (Å²) in [6.45, 7) is 6.60. The zero-order chi connectivity index (χ0) is 13.0. The van der Waals surface area contributed by atoms with Crippen molar-refractivity contribution in [1.29, 1.82) is 0 Å². The maximum atomic E-state index is 12.0. The first-order valence-electron chi connectivity index (χ1n) is 6.87. The average molecular weight is 250 g/mol. The number of rotatable bonds is 2. The summed E-state index contributed by atoms with van der Waals surface area (Å²) >= 11 is 0. The van der Waals surface area contributed by atoms with Gasteiger partial charge in [-0.1, -0.05) is 12.8 Å². The van der Waals surface area contributed by atoms with E-state index in [1.165, 1.54) is 0 Å². The van der Waals surface area contributed by atoms with Gasteiger partial charge in [0.25, 0.3) is 0 Å².